The number of alkyl carbamates (subject to hydrolysis) is 2. The summed E-state index contributed by atoms with van der Waals surface area (Å²) in [4.78, 5) is 55.7. The van der Waals surface area contributed by atoms with Crippen LogP contribution in [-0.4, -0.2) is 99.6 Å². The number of aliphatic hydroxyl groups is 1. The minimum atomic E-state index is -0.907. The van der Waals surface area contributed by atoms with Gasteiger partial charge in [-0.15, -0.1) is 0 Å². The average Bonchev–Trinajstić information content (AvgIpc) is 3.78. The number of imidazole rings is 2. The molecule has 5 N–H and O–H groups in total. The zero-order chi connectivity index (χ0) is 36.8. The standard InChI is InChI=1S/C37H44N8O7/c1-5-13-44(32(46)17-38-36(48)50-3)19-30-40-27-12-9-24-15-22(7-10-25(24)34(27)42-30)23-8-11-26-29(16-23)52-21-28-35(26)43-31(41-28)20-45(14-6-2)33(47)18-39-37(49)51-4/h7-12,15-16,33,47H,5-6,13-14,17-21H2,1-4H3,(H,38,48)(H,39,49)(H,40,42)(H,41,43). The number of fused-ring (bicyclic) bond motifs is 6. The summed E-state index contributed by atoms with van der Waals surface area (Å²) in [5.41, 5.74) is 6.29. The minimum Gasteiger partial charge on any atom is -0.486 e. The van der Waals surface area contributed by atoms with Crippen molar-refractivity contribution in [2.45, 2.75) is 52.6 Å². The van der Waals surface area contributed by atoms with Crippen molar-refractivity contribution >= 4 is 39.9 Å². The molecule has 3 amide bonds. The van der Waals surface area contributed by atoms with Crippen LogP contribution in [0.4, 0.5) is 9.59 Å². The van der Waals surface area contributed by atoms with Crippen molar-refractivity contribution in [3.63, 3.8) is 0 Å². The Balaban J connectivity index is 1.19. The molecular weight excluding hydrogens is 668 g/mol. The van der Waals surface area contributed by atoms with E-state index < -0.39 is 18.4 Å². The Morgan fingerprint density at radius 1 is 0.904 bits per heavy atom. The fourth-order valence-electron chi connectivity index (χ4n) is 6.42. The van der Waals surface area contributed by atoms with Crippen LogP contribution < -0.4 is 15.4 Å². The van der Waals surface area contributed by atoms with Crippen LogP contribution >= 0.6 is 0 Å². The number of nitrogens with zero attached hydrogens (tertiary/aromatic N) is 4. The van der Waals surface area contributed by atoms with Crippen molar-refractivity contribution in [1.82, 2.24) is 40.4 Å². The van der Waals surface area contributed by atoms with Crippen LogP contribution in [-0.2, 0) is 34.0 Å². The van der Waals surface area contributed by atoms with Gasteiger partial charge in [-0.2, -0.15) is 0 Å². The number of rotatable bonds is 14. The van der Waals surface area contributed by atoms with Crippen molar-refractivity contribution < 1.29 is 33.7 Å². The molecule has 0 fully saturated rings. The number of carbonyl (C=O) groups excluding carboxylic acids is 3. The van der Waals surface area contributed by atoms with E-state index in [-0.39, 0.29) is 25.5 Å². The predicted molar refractivity (Wildman–Crippen MR) is 194 cm³/mol. The topological polar surface area (TPSA) is 187 Å². The molecule has 15 nitrogen and oxygen atoms in total. The lowest BCUT2D eigenvalue weighted by Gasteiger charge is -2.26. The van der Waals surface area contributed by atoms with Gasteiger partial charge in [0.2, 0.25) is 5.91 Å². The molecule has 1 unspecified atom stereocenters. The predicted octanol–water partition coefficient (Wildman–Crippen LogP) is 4.65. The molecule has 15 heteroatoms. The molecule has 52 heavy (non-hydrogen) atoms. The number of carbonyl (C=O) groups is 3. The van der Waals surface area contributed by atoms with Crippen LogP contribution in [0, 0.1) is 0 Å². The third kappa shape index (κ3) is 7.95. The first-order chi connectivity index (χ1) is 25.2. The number of ether oxygens (including phenoxy) is 3. The third-order valence-electron chi connectivity index (χ3n) is 8.95. The molecule has 6 rings (SSSR count). The Bertz CT molecular complexity index is 2080. The van der Waals surface area contributed by atoms with Gasteiger partial charge in [0.25, 0.3) is 0 Å². The van der Waals surface area contributed by atoms with Crippen LogP contribution in [0.1, 0.15) is 44.0 Å². The van der Waals surface area contributed by atoms with Gasteiger partial charge in [0.05, 0.1) is 50.6 Å². The number of nitrogens with one attached hydrogen (secondary N) is 4. The molecule has 3 aromatic carbocycles. The molecule has 1 aliphatic heterocycles. The van der Waals surface area contributed by atoms with Gasteiger partial charge in [0, 0.05) is 24.0 Å². The molecule has 2 aromatic heterocycles. The van der Waals surface area contributed by atoms with Gasteiger partial charge in [0.15, 0.2) is 0 Å². The molecule has 0 radical (unpaired) electrons. The van der Waals surface area contributed by atoms with Crippen molar-refractivity contribution in [3.8, 4) is 28.1 Å². The number of amides is 3. The Morgan fingerprint density at radius 3 is 2.40 bits per heavy atom. The van der Waals surface area contributed by atoms with Gasteiger partial charge >= 0.3 is 12.2 Å². The van der Waals surface area contributed by atoms with E-state index in [1.165, 1.54) is 14.2 Å². The molecular formula is C37H44N8O7. The number of methoxy groups -OCH3 is 2. The highest BCUT2D eigenvalue weighted by atomic mass is 16.5. The van der Waals surface area contributed by atoms with Crippen LogP contribution in [0.2, 0.25) is 0 Å². The second kappa shape index (κ2) is 16.1. The molecule has 274 valence electrons. The normalized spacial score (nSPS) is 12.6. The lowest BCUT2D eigenvalue weighted by Crippen LogP contribution is -2.44. The van der Waals surface area contributed by atoms with Gasteiger partial charge < -0.3 is 44.8 Å². The Kier molecular flexibility index (Phi) is 11.2. The Hall–Kier alpha value is -5.67. The number of aliphatic hydroxyl groups excluding tert-OH is 1. The second-order valence-corrected chi connectivity index (χ2v) is 12.6. The van der Waals surface area contributed by atoms with E-state index in [9.17, 15) is 19.5 Å². The van der Waals surface area contributed by atoms with Crippen LogP contribution in [0.5, 0.6) is 5.75 Å². The molecule has 1 atom stereocenters. The summed E-state index contributed by atoms with van der Waals surface area (Å²) in [5, 5.41) is 17.8. The molecule has 0 saturated carbocycles. The van der Waals surface area contributed by atoms with E-state index in [1.807, 2.05) is 43.0 Å². The SMILES string of the molecule is CCCN(Cc1nc2ccc3cc(-c4ccc5c(c4)OCc4nc(CN(CCC)C(O)CNC(=O)OC)[nH]c4-5)ccc3c2[nH]1)C(=O)CNC(=O)OC. The quantitative estimate of drug-likeness (QED) is 0.102. The van der Waals surface area contributed by atoms with Gasteiger partial charge in [-0.3, -0.25) is 9.69 Å². The van der Waals surface area contributed by atoms with E-state index in [1.54, 1.807) is 4.90 Å². The maximum atomic E-state index is 12.8. The maximum Gasteiger partial charge on any atom is 0.407 e. The molecule has 1 aliphatic rings. The Labute approximate surface area is 300 Å². The summed E-state index contributed by atoms with van der Waals surface area (Å²) in [6.45, 7) is 5.98. The van der Waals surface area contributed by atoms with Crippen molar-refractivity contribution in [2.75, 3.05) is 40.4 Å². The fourth-order valence-corrected chi connectivity index (χ4v) is 6.42. The summed E-state index contributed by atoms with van der Waals surface area (Å²) < 4.78 is 15.4. The zero-order valence-electron chi connectivity index (χ0n) is 29.7. The van der Waals surface area contributed by atoms with Crippen LogP contribution in [0.3, 0.4) is 0 Å². The second-order valence-electron chi connectivity index (χ2n) is 12.6. The summed E-state index contributed by atoms with van der Waals surface area (Å²) in [6.07, 6.45) is -0.586. The highest BCUT2D eigenvalue weighted by Crippen LogP contribution is 2.39. The van der Waals surface area contributed by atoms with Gasteiger partial charge in [0.1, 0.15) is 42.5 Å². The van der Waals surface area contributed by atoms with E-state index >= 15 is 0 Å². The summed E-state index contributed by atoms with van der Waals surface area (Å²) >= 11 is 0. The summed E-state index contributed by atoms with van der Waals surface area (Å²) in [6, 6.07) is 16.4. The van der Waals surface area contributed by atoms with Crippen molar-refractivity contribution in [1.29, 1.82) is 0 Å². The summed E-state index contributed by atoms with van der Waals surface area (Å²) in [5.74, 6) is 1.87. The lowest BCUT2D eigenvalue weighted by atomic mass is 9.97. The highest BCUT2D eigenvalue weighted by molar-refractivity contribution is 6.05. The van der Waals surface area contributed by atoms with Crippen LogP contribution in [0.25, 0.3) is 44.2 Å². The molecule has 3 heterocycles. The van der Waals surface area contributed by atoms with Crippen LogP contribution in [0.15, 0.2) is 48.5 Å². The van der Waals surface area contributed by atoms with E-state index in [4.69, 9.17) is 14.7 Å². The van der Waals surface area contributed by atoms with Crippen molar-refractivity contribution in [3.05, 3.63) is 65.9 Å². The van der Waals surface area contributed by atoms with Gasteiger partial charge in [-0.05, 0) is 53.6 Å². The number of H-pyrrole nitrogens is 2. The number of hydrogen-bond donors (Lipinski definition) is 5. The molecule has 5 aromatic rings. The average molecular weight is 713 g/mol. The molecule has 0 spiro atoms. The molecule has 0 aliphatic carbocycles. The summed E-state index contributed by atoms with van der Waals surface area (Å²) in [7, 11) is 2.54. The first-order valence-corrected chi connectivity index (χ1v) is 17.3. The van der Waals surface area contributed by atoms with E-state index in [2.05, 4.69) is 54.3 Å². The monoisotopic (exact) mass is 712 g/mol. The number of hydrogen-bond acceptors (Lipinski definition) is 10. The fraction of sp³-hybridized carbons (Fsp3) is 0.378. The molecule has 0 saturated heterocycles. The first kappa shape index (κ1) is 36.1. The highest BCUT2D eigenvalue weighted by Gasteiger charge is 2.25. The number of aromatic amines is 2. The van der Waals surface area contributed by atoms with Gasteiger partial charge in [-0.1, -0.05) is 38.1 Å². The third-order valence-corrected chi connectivity index (χ3v) is 8.95. The number of aromatic nitrogens is 4. The Morgan fingerprint density at radius 2 is 1.63 bits per heavy atom. The lowest BCUT2D eigenvalue weighted by molar-refractivity contribution is -0.130. The maximum absolute atomic E-state index is 12.8. The zero-order valence-corrected chi connectivity index (χ0v) is 29.7. The minimum absolute atomic E-state index is 0.0311. The number of benzene rings is 3. The van der Waals surface area contributed by atoms with E-state index in [0.29, 0.717) is 37.9 Å². The van der Waals surface area contributed by atoms with Crippen molar-refractivity contribution in [2.24, 2.45) is 0 Å². The van der Waals surface area contributed by atoms with E-state index in [0.717, 1.165) is 68.5 Å². The molecule has 0 bridgehead atoms. The first-order valence-electron chi connectivity index (χ1n) is 17.3. The van der Waals surface area contributed by atoms with Gasteiger partial charge in [-0.25, -0.2) is 19.6 Å². The largest absolute Gasteiger partial charge is 0.486 e. The smallest absolute Gasteiger partial charge is 0.407 e.